The predicted octanol–water partition coefficient (Wildman–Crippen LogP) is 1.12. The molecule has 0 aromatic carbocycles. The predicted molar refractivity (Wildman–Crippen MR) is 49.5 cm³/mol. The van der Waals surface area contributed by atoms with Crippen molar-refractivity contribution in [2.75, 3.05) is 0 Å². The van der Waals surface area contributed by atoms with E-state index in [1.165, 1.54) is 0 Å². The molecule has 0 unspecified atom stereocenters. The molecular weight excluding hydrogens is 214 g/mol. The largest absolute Gasteiger partial charge is 0.324 e. The molecule has 0 radical (unpaired) electrons. The van der Waals surface area contributed by atoms with Crippen LogP contribution in [0.15, 0.2) is 0 Å². The van der Waals surface area contributed by atoms with Crippen LogP contribution < -0.4 is 0 Å². The van der Waals surface area contributed by atoms with Gasteiger partial charge < -0.3 is 0 Å². The summed E-state index contributed by atoms with van der Waals surface area (Å²) in [5, 5.41) is 0. The first kappa shape index (κ1) is 10.8. The third-order valence-electron chi connectivity index (χ3n) is 2.39. The average Bonchev–Trinajstić information content (AvgIpc) is 1.97. The number of rotatable bonds is 3. The summed E-state index contributed by atoms with van der Waals surface area (Å²) in [5.41, 5.74) is 0. The molecular formula is C7H12ClNO3S. The van der Waals surface area contributed by atoms with E-state index in [4.69, 9.17) is 10.7 Å². The fourth-order valence-electron chi connectivity index (χ4n) is 1.74. The molecule has 0 N–H and O–H groups in total. The zero-order valence-corrected chi connectivity index (χ0v) is 9.10. The van der Waals surface area contributed by atoms with Crippen LogP contribution in [-0.4, -0.2) is 24.7 Å². The van der Waals surface area contributed by atoms with E-state index in [9.17, 15) is 13.2 Å². The SMILES string of the molecule is CC[C@@H]1C(=O)N(S(=O)(=O)Cl)[C@H]1CC. The first-order chi connectivity index (χ1) is 5.93. The molecule has 1 aliphatic heterocycles. The van der Waals surface area contributed by atoms with Gasteiger partial charge in [0.25, 0.3) is 0 Å². The Bertz CT molecular complexity index is 314. The maximum absolute atomic E-state index is 11.3. The fourth-order valence-corrected chi connectivity index (χ4v) is 3.22. The van der Waals surface area contributed by atoms with Crippen molar-refractivity contribution in [2.45, 2.75) is 32.7 Å². The molecule has 1 rings (SSSR count). The van der Waals surface area contributed by atoms with Gasteiger partial charge in [0.1, 0.15) is 0 Å². The van der Waals surface area contributed by atoms with E-state index in [0.717, 1.165) is 4.31 Å². The molecule has 1 aliphatic rings. The second kappa shape index (κ2) is 3.46. The molecule has 1 saturated heterocycles. The smallest absolute Gasteiger partial charge is 0.273 e. The van der Waals surface area contributed by atoms with E-state index in [2.05, 4.69) is 0 Å². The van der Waals surface area contributed by atoms with Gasteiger partial charge in [0.05, 0.1) is 12.0 Å². The molecule has 2 atom stereocenters. The monoisotopic (exact) mass is 225 g/mol. The Morgan fingerprint density at radius 2 is 1.92 bits per heavy atom. The van der Waals surface area contributed by atoms with Crippen molar-refractivity contribution < 1.29 is 13.2 Å². The van der Waals surface area contributed by atoms with Gasteiger partial charge in [-0.25, -0.2) is 4.31 Å². The molecule has 1 fully saturated rings. The molecule has 13 heavy (non-hydrogen) atoms. The van der Waals surface area contributed by atoms with E-state index in [1.54, 1.807) is 0 Å². The highest BCUT2D eigenvalue weighted by Crippen LogP contribution is 2.35. The molecule has 0 saturated carbocycles. The minimum absolute atomic E-state index is 0.168. The van der Waals surface area contributed by atoms with Crippen molar-refractivity contribution in [1.29, 1.82) is 0 Å². The van der Waals surface area contributed by atoms with Crippen LogP contribution in [-0.2, 0) is 14.0 Å². The van der Waals surface area contributed by atoms with Gasteiger partial charge in [-0.05, 0) is 12.8 Å². The van der Waals surface area contributed by atoms with Gasteiger partial charge in [-0.15, -0.1) is 0 Å². The third-order valence-corrected chi connectivity index (χ3v) is 3.76. The van der Waals surface area contributed by atoms with Crippen molar-refractivity contribution in [3.63, 3.8) is 0 Å². The summed E-state index contributed by atoms with van der Waals surface area (Å²) in [4.78, 5) is 11.3. The minimum Gasteiger partial charge on any atom is -0.273 e. The Morgan fingerprint density at radius 3 is 2.23 bits per heavy atom. The first-order valence-corrected chi connectivity index (χ1v) is 6.48. The van der Waals surface area contributed by atoms with Crippen molar-refractivity contribution in [1.82, 2.24) is 4.31 Å². The number of β-lactam (4-membered cyclic amide) rings is 1. The molecule has 4 nitrogen and oxygen atoms in total. The number of carbonyl (C=O) groups excluding carboxylic acids is 1. The summed E-state index contributed by atoms with van der Waals surface area (Å²) >= 11 is 0. The van der Waals surface area contributed by atoms with Gasteiger partial charge >= 0.3 is 9.24 Å². The highest BCUT2D eigenvalue weighted by Gasteiger charge is 2.50. The molecule has 0 aliphatic carbocycles. The highest BCUT2D eigenvalue weighted by molar-refractivity contribution is 8.12. The van der Waals surface area contributed by atoms with Crippen LogP contribution in [0.3, 0.4) is 0 Å². The minimum atomic E-state index is -3.86. The molecule has 0 aromatic heterocycles. The van der Waals surface area contributed by atoms with Crippen LogP contribution >= 0.6 is 10.7 Å². The van der Waals surface area contributed by atoms with E-state index in [-0.39, 0.29) is 17.9 Å². The van der Waals surface area contributed by atoms with E-state index in [1.807, 2.05) is 13.8 Å². The van der Waals surface area contributed by atoms with Crippen molar-refractivity contribution >= 4 is 25.8 Å². The quantitative estimate of drug-likeness (QED) is 0.534. The lowest BCUT2D eigenvalue weighted by atomic mass is 9.86. The lowest BCUT2D eigenvalue weighted by Crippen LogP contribution is -2.61. The number of hydrogen-bond acceptors (Lipinski definition) is 3. The van der Waals surface area contributed by atoms with Gasteiger partial charge in [0, 0.05) is 10.7 Å². The zero-order chi connectivity index (χ0) is 10.2. The molecule has 0 spiro atoms. The van der Waals surface area contributed by atoms with Gasteiger partial charge in [0.15, 0.2) is 0 Å². The Morgan fingerprint density at radius 1 is 1.38 bits per heavy atom. The summed E-state index contributed by atoms with van der Waals surface area (Å²) in [6, 6.07) is -0.236. The normalized spacial score (nSPS) is 28.8. The molecule has 0 aromatic rings. The average molecular weight is 226 g/mol. The summed E-state index contributed by atoms with van der Waals surface area (Å²) in [6.07, 6.45) is 1.29. The molecule has 6 heteroatoms. The number of carbonyl (C=O) groups is 1. The molecule has 0 bridgehead atoms. The van der Waals surface area contributed by atoms with Crippen LogP contribution in [0.4, 0.5) is 0 Å². The molecule has 1 amide bonds. The van der Waals surface area contributed by atoms with E-state index < -0.39 is 9.24 Å². The lowest BCUT2D eigenvalue weighted by Gasteiger charge is -2.43. The number of halogens is 1. The van der Waals surface area contributed by atoms with Gasteiger partial charge in [-0.3, -0.25) is 4.79 Å². The number of amides is 1. The number of hydrogen-bond donors (Lipinski definition) is 0. The fraction of sp³-hybridized carbons (Fsp3) is 0.857. The standard InChI is InChI=1S/C7H12ClNO3S/c1-3-5-6(4-2)9(7(5)10)13(8,11)12/h5-6H,3-4H2,1-2H3/t5-,6-/m0/s1. The van der Waals surface area contributed by atoms with E-state index >= 15 is 0 Å². The van der Waals surface area contributed by atoms with Crippen molar-refractivity contribution in [2.24, 2.45) is 5.92 Å². The van der Waals surface area contributed by atoms with E-state index in [0.29, 0.717) is 12.8 Å². The van der Waals surface area contributed by atoms with Crippen molar-refractivity contribution in [3.05, 3.63) is 0 Å². The summed E-state index contributed by atoms with van der Waals surface area (Å²) in [6.45, 7) is 3.71. The Hall–Kier alpha value is -0.290. The van der Waals surface area contributed by atoms with Gasteiger partial charge in [-0.1, -0.05) is 13.8 Å². The Labute approximate surface area is 82.4 Å². The van der Waals surface area contributed by atoms with Crippen LogP contribution in [0.25, 0.3) is 0 Å². The summed E-state index contributed by atoms with van der Waals surface area (Å²) < 4.78 is 22.6. The number of nitrogens with zero attached hydrogens (tertiary/aromatic N) is 1. The maximum atomic E-state index is 11.3. The first-order valence-electron chi connectivity index (χ1n) is 4.21. The van der Waals surface area contributed by atoms with Crippen LogP contribution in [0.5, 0.6) is 0 Å². The highest BCUT2D eigenvalue weighted by atomic mass is 35.7. The summed E-state index contributed by atoms with van der Waals surface area (Å²) in [5.74, 6) is -0.539. The van der Waals surface area contributed by atoms with Gasteiger partial charge in [0.2, 0.25) is 5.91 Å². The maximum Gasteiger partial charge on any atom is 0.324 e. The second-order valence-electron chi connectivity index (χ2n) is 3.07. The van der Waals surface area contributed by atoms with Crippen LogP contribution in [0.2, 0.25) is 0 Å². The third kappa shape index (κ3) is 1.67. The van der Waals surface area contributed by atoms with Crippen LogP contribution in [0, 0.1) is 5.92 Å². The molecule has 76 valence electrons. The Balaban J connectivity index is 2.86. The molecule has 1 heterocycles. The van der Waals surface area contributed by atoms with Crippen LogP contribution in [0.1, 0.15) is 26.7 Å². The second-order valence-corrected chi connectivity index (χ2v) is 5.45. The zero-order valence-electron chi connectivity index (χ0n) is 7.53. The lowest BCUT2D eigenvalue weighted by molar-refractivity contribution is -0.146. The summed E-state index contributed by atoms with van der Waals surface area (Å²) in [7, 11) is 1.24. The Kier molecular flexibility index (Phi) is 2.87. The topological polar surface area (TPSA) is 54.5 Å². The van der Waals surface area contributed by atoms with Crippen molar-refractivity contribution in [3.8, 4) is 0 Å². The van der Waals surface area contributed by atoms with Gasteiger partial charge in [-0.2, -0.15) is 8.42 Å².